The maximum absolute atomic E-state index is 12.4. The second kappa shape index (κ2) is 4.79. The van der Waals surface area contributed by atoms with Crippen LogP contribution in [0.4, 0.5) is 0 Å². The lowest BCUT2D eigenvalue weighted by Gasteiger charge is -2.17. The molecule has 3 rings (SSSR count). The number of aromatic nitrogens is 1. The van der Waals surface area contributed by atoms with Crippen LogP contribution in [0, 0.1) is 5.41 Å². The van der Waals surface area contributed by atoms with Gasteiger partial charge in [0.1, 0.15) is 5.69 Å². The van der Waals surface area contributed by atoms with Crippen molar-refractivity contribution in [2.45, 2.75) is 0 Å². The quantitative estimate of drug-likeness (QED) is 0.825. The highest BCUT2D eigenvalue weighted by Crippen LogP contribution is 2.25. The summed E-state index contributed by atoms with van der Waals surface area (Å²) in [7, 11) is 0. The van der Waals surface area contributed by atoms with Gasteiger partial charge in [0.25, 0.3) is 0 Å². The van der Waals surface area contributed by atoms with E-state index in [0.29, 0.717) is 5.56 Å². The SMILES string of the molecule is N=C(C1=C(O)C(=O)c2ncccc2C1=O)c1ccccc1. The van der Waals surface area contributed by atoms with Crippen LogP contribution >= 0.6 is 0 Å². The van der Waals surface area contributed by atoms with Gasteiger partial charge in [0, 0.05) is 11.8 Å². The van der Waals surface area contributed by atoms with Gasteiger partial charge in [-0.25, -0.2) is 0 Å². The Kier molecular flexibility index (Phi) is 2.95. The van der Waals surface area contributed by atoms with Gasteiger partial charge in [-0.1, -0.05) is 30.3 Å². The Morgan fingerprint density at radius 2 is 1.71 bits per heavy atom. The Morgan fingerprint density at radius 3 is 2.43 bits per heavy atom. The summed E-state index contributed by atoms with van der Waals surface area (Å²) in [5, 5.41) is 18.1. The third-order valence-electron chi connectivity index (χ3n) is 3.26. The van der Waals surface area contributed by atoms with Crippen molar-refractivity contribution in [3.05, 3.63) is 76.8 Å². The predicted octanol–water partition coefficient (Wildman–Crippen LogP) is 2.34. The van der Waals surface area contributed by atoms with Crippen molar-refractivity contribution >= 4 is 17.3 Å². The van der Waals surface area contributed by atoms with Crippen molar-refractivity contribution in [2.24, 2.45) is 0 Å². The fraction of sp³-hybridized carbons (Fsp3) is 0. The van der Waals surface area contributed by atoms with Gasteiger partial charge in [0.05, 0.1) is 16.8 Å². The molecule has 1 aliphatic rings. The summed E-state index contributed by atoms with van der Waals surface area (Å²) in [6, 6.07) is 11.5. The van der Waals surface area contributed by atoms with Gasteiger partial charge < -0.3 is 5.11 Å². The molecular weight excluding hydrogens is 268 g/mol. The molecule has 0 saturated carbocycles. The number of ketones is 2. The summed E-state index contributed by atoms with van der Waals surface area (Å²) in [6.07, 6.45) is 1.38. The zero-order valence-corrected chi connectivity index (χ0v) is 10.8. The highest BCUT2D eigenvalue weighted by molar-refractivity contribution is 6.38. The first-order chi connectivity index (χ1) is 10.1. The fourth-order valence-corrected chi connectivity index (χ4v) is 2.22. The second-order valence-corrected chi connectivity index (χ2v) is 4.52. The summed E-state index contributed by atoms with van der Waals surface area (Å²) in [4.78, 5) is 28.4. The van der Waals surface area contributed by atoms with E-state index in [1.165, 1.54) is 18.3 Å². The van der Waals surface area contributed by atoms with E-state index in [0.717, 1.165) is 0 Å². The van der Waals surface area contributed by atoms with Crippen molar-refractivity contribution in [3.63, 3.8) is 0 Å². The Labute approximate surface area is 120 Å². The third-order valence-corrected chi connectivity index (χ3v) is 3.26. The molecule has 1 aromatic heterocycles. The number of benzene rings is 1. The summed E-state index contributed by atoms with van der Waals surface area (Å²) < 4.78 is 0. The molecule has 2 N–H and O–H groups in total. The standard InChI is InChI=1S/C16H10N2O3/c17-12(9-5-2-1-3-6-9)11-14(19)10-7-4-8-18-13(10)16(21)15(11)20/h1-8,17,20H. The van der Waals surface area contributed by atoms with Gasteiger partial charge in [-0.05, 0) is 12.1 Å². The maximum Gasteiger partial charge on any atom is 0.247 e. The summed E-state index contributed by atoms with van der Waals surface area (Å²) in [5.74, 6) is -2.02. The Bertz CT molecular complexity index is 807. The highest BCUT2D eigenvalue weighted by atomic mass is 16.3. The number of carbonyl (C=O) groups excluding carboxylic acids is 2. The Hall–Kier alpha value is -3.08. The molecule has 5 heteroatoms. The van der Waals surface area contributed by atoms with Crippen molar-refractivity contribution in [3.8, 4) is 0 Å². The largest absolute Gasteiger partial charge is 0.503 e. The number of rotatable bonds is 2. The number of allylic oxidation sites excluding steroid dienone is 2. The van der Waals surface area contributed by atoms with Crippen molar-refractivity contribution in [2.75, 3.05) is 0 Å². The van der Waals surface area contributed by atoms with Crippen LogP contribution in [0.1, 0.15) is 26.4 Å². The number of pyridine rings is 1. The van der Waals surface area contributed by atoms with Crippen molar-refractivity contribution in [1.82, 2.24) is 4.98 Å². The molecule has 1 aliphatic carbocycles. The average Bonchev–Trinajstić information content (AvgIpc) is 2.53. The molecule has 0 aliphatic heterocycles. The van der Waals surface area contributed by atoms with Gasteiger partial charge in [-0.15, -0.1) is 0 Å². The third kappa shape index (κ3) is 1.95. The number of Topliss-reactive ketones (excluding diaryl/α,β-unsaturated/α-hetero) is 2. The maximum atomic E-state index is 12.4. The molecule has 5 nitrogen and oxygen atoms in total. The number of nitrogens with one attached hydrogen (secondary N) is 1. The molecule has 0 spiro atoms. The first-order valence-electron chi connectivity index (χ1n) is 6.23. The summed E-state index contributed by atoms with van der Waals surface area (Å²) in [5.41, 5.74) is 0.0146. The lowest BCUT2D eigenvalue weighted by Crippen LogP contribution is -2.27. The van der Waals surface area contributed by atoms with Gasteiger partial charge in [-0.3, -0.25) is 20.0 Å². The second-order valence-electron chi connectivity index (χ2n) is 4.52. The molecule has 0 saturated heterocycles. The van der Waals surface area contributed by atoms with Crippen LogP contribution in [0.25, 0.3) is 0 Å². The van der Waals surface area contributed by atoms with Crippen LogP contribution in [0.5, 0.6) is 0 Å². The molecular formula is C16H10N2O3. The minimum Gasteiger partial charge on any atom is -0.503 e. The van der Waals surface area contributed by atoms with Crippen LogP contribution in [0.3, 0.4) is 0 Å². The molecule has 0 radical (unpaired) electrons. The van der Waals surface area contributed by atoms with Crippen LogP contribution in [0.15, 0.2) is 60.0 Å². The molecule has 2 aromatic rings. The van der Waals surface area contributed by atoms with Gasteiger partial charge >= 0.3 is 0 Å². The van der Waals surface area contributed by atoms with E-state index in [1.54, 1.807) is 30.3 Å². The van der Waals surface area contributed by atoms with Crippen molar-refractivity contribution < 1.29 is 14.7 Å². The van der Waals surface area contributed by atoms with Crippen LogP contribution in [-0.4, -0.2) is 27.4 Å². The minimum atomic E-state index is -0.735. The number of hydrogen-bond acceptors (Lipinski definition) is 5. The smallest absolute Gasteiger partial charge is 0.247 e. The Balaban J connectivity index is 2.16. The zero-order valence-electron chi connectivity index (χ0n) is 10.8. The number of fused-ring (bicyclic) bond motifs is 1. The first kappa shape index (κ1) is 12.9. The van der Waals surface area contributed by atoms with E-state index in [2.05, 4.69) is 4.98 Å². The van der Waals surface area contributed by atoms with Gasteiger partial charge in [0.15, 0.2) is 5.76 Å². The summed E-state index contributed by atoms with van der Waals surface area (Å²) in [6.45, 7) is 0. The van der Waals surface area contributed by atoms with Crippen LogP contribution < -0.4 is 0 Å². The molecule has 0 amide bonds. The minimum absolute atomic E-state index is 0.0791. The van der Waals surface area contributed by atoms with E-state index in [9.17, 15) is 14.7 Å². The zero-order chi connectivity index (χ0) is 15.0. The molecule has 0 atom stereocenters. The van der Waals surface area contributed by atoms with Crippen LogP contribution in [-0.2, 0) is 0 Å². The monoisotopic (exact) mass is 278 g/mol. The molecule has 1 heterocycles. The van der Waals surface area contributed by atoms with Crippen LogP contribution in [0.2, 0.25) is 0 Å². The fourth-order valence-electron chi connectivity index (χ4n) is 2.22. The van der Waals surface area contributed by atoms with E-state index in [4.69, 9.17) is 5.41 Å². The molecule has 21 heavy (non-hydrogen) atoms. The lowest BCUT2D eigenvalue weighted by atomic mass is 9.87. The lowest BCUT2D eigenvalue weighted by molar-refractivity contribution is 0.0929. The number of carbonyl (C=O) groups is 2. The molecule has 102 valence electrons. The number of hydrogen-bond donors (Lipinski definition) is 2. The van der Waals surface area contributed by atoms with E-state index >= 15 is 0 Å². The molecule has 0 fully saturated rings. The normalized spacial score (nSPS) is 14.1. The van der Waals surface area contributed by atoms with Gasteiger partial charge in [0.2, 0.25) is 11.6 Å². The van der Waals surface area contributed by atoms with E-state index in [1.807, 2.05) is 0 Å². The molecule has 0 unspecified atom stereocenters. The van der Waals surface area contributed by atoms with Crippen molar-refractivity contribution in [1.29, 1.82) is 5.41 Å². The number of aliphatic hydroxyl groups excluding tert-OH is 1. The Morgan fingerprint density at radius 1 is 1.00 bits per heavy atom. The average molecular weight is 278 g/mol. The van der Waals surface area contributed by atoms with Gasteiger partial charge in [-0.2, -0.15) is 0 Å². The van der Waals surface area contributed by atoms with E-state index < -0.39 is 17.3 Å². The summed E-state index contributed by atoms with van der Waals surface area (Å²) >= 11 is 0. The molecule has 1 aromatic carbocycles. The highest BCUT2D eigenvalue weighted by Gasteiger charge is 2.35. The number of nitrogens with zero attached hydrogens (tertiary/aromatic N) is 1. The first-order valence-corrected chi connectivity index (χ1v) is 6.23. The number of aliphatic hydroxyl groups is 1. The molecule has 0 bridgehead atoms. The topological polar surface area (TPSA) is 91.1 Å². The predicted molar refractivity (Wildman–Crippen MR) is 75.8 cm³/mol. The van der Waals surface area contributed by atoms with E-state index in [-0.39, 0.29) is 22.5 Å².